The van der Waals surface area contributed by atoms with Crippen LogP contribution in [0.5, 0.6) is 0 Å². The highest BCUT2D eigenvalue weighted by Crippen LogP contribution is 2.59. The fourth-order valence-corrected chi connectivity index (χ4v) is 8.97. The van der Waals surface area contributed by atoms with E-state index in [0.29, 0.717) is 56.1 Å². The molecule has 270 valence electrons. The number of aliphatic hydroxyl groups is 1. The van der Waals surface area contributed by atoms with Crippen LogP contribution in [0, 0.1) is 5.92 Å². The van der Waals surface area contributed by atoms with E-state index in [0.717, 1.165) is 36.6 Å². The lowest BCUT2D eigenvalue weighted by Crippen LogP contribution is -2.63. The molecule has 4 atom stereocenters. The Hall–Kier alpha value is -4.91. The highest BCUT2D eigenvalue weighted by Gasteiger charge is 2.60. The van der Waals surface area contributed by atoms with Gasteiger partial charge in [-0.25, -0.2) is 0 Å². The number of nitrogens with zero attached hydrogens (tertiary/aromatic N) is 5. The van der Waals surface area contributed by atoms with Crippen LogP contribution in [0.3, 0.4) is 0 Å². The second-order valence-electron chi connectivity index (χ2n) is 14.0. The first-order valence-corrected chi connectivity index (χ1v) is 17.6. The molecule has 52 heavy (non-hydrogen) atoms. The summed E-state index contributed by atoms with van der Waals surface area (Å²) in [4.78, 5) is 48.8. The Balaban J connectivity index is 1.20. The topological polar surface area (TPSA) is 131 Å². The summed E-state index contributed by atoms with van der Waals surface area (Å²) < 4.78 is 48.2. The molecular formula is C37H34ClF3N6O5. The Morgan fingerprint density at radius 3 is 2.77 bits per heavy atom. The predicted octanol–water partition coefficient (Wildman–Crippen LogP) is 5.85. The highest BCUT2D eigenvalue weighted by molar-refractivity contribution is 6.33. The molecule has 0 radical (unpaired) electrons. The van der Waals surface area contributed by atoms with E-state index in [9.17, 15) is 32.7 Å². The van der Waals surface area contributed by atoms with Crippen molar-refractivity contribution >= 4 is 40.5 Å². The maximum Gasteiger partial charge on any atom is 0.416 e. The minimum atomic E-state index is -4.60. The smallest absolute Gasteiger partial charge is 0.416 e. The first-order valence-electron chi connectivity index (χ1n) is 17.2. The zero-order chi connectivity index (χ0) is 36.5. The number of aliphatic hydroxyl groups excluding tert-OH is 1. The summed E-state index contributed by atoms with van der Waals surface area (Å²) in [6, 6.07) is 2.54. The molecule has 15 heteroatoms. The fraction of sp³-hybridized carbons (Fsp3) is 0.405. The van der Waals surface area contributed by atoms with Crippen LogP contribution < -0.4 is 10.9 Å². The SMILES string of the molecule is CC1CC2(CCN(C(=O)C3=C=CC=CC=C3O)[C@@H]3CC[C@@H]32)c2c1n(CC(=O)Nc1ccc(C(F)(F)F)cc1Cl)c1nc(C3=CCOCC3)nn1c2=O. The summed E-state index contributed by atoms with van der Waals surface area (Å²) >= 11 is 6.18. The van der Waals surface area contributed by atoms with Gasteiger partial charge in [-0.1, -0.05) is 36.8 Å². The standard InChI is InChI=1S/C37H34ClF3N6O5/c1-20-18-36(13-14-45(27-10-8-24(27)36)33(50)23-5-3-2-4-6-28(23)48)30-31(20)46(19-29(49)42-26-9-7-22(17-25(26)38)37(39,40)41)35-43-32(44-47(35)34(30)51)21-11-15-52-16-12-21/h2-4,6-7,9,11,17,20,24,27,48H,8,10,12-16,18-19H2,1H3,(H,42,49)/t20?,24-,27+,36?/m0/s1. The molecular weight excluding hydrogens is 701 g/mol. The van der Waals surface area contributed by atoms with Crippen molar-refractivity contribution in [3.8, 4) is 0 Å². The number of ether oxygens (including phenoxy) is 1. The number of aromatic nitrogens is 4. The number of benzene rings is 1. The van der Waals surface area contributed by atoms with Crippen molar-refractivity contribution in [2.24, 2.45) is 5.92 Å². The summed E-state index contributed by atoms with van der Waals surface area (Å²) in [5.41, 5.74) is 3.13. The van der Waals surface area contributed by atoms with Gasteiger partial charge in [0.05, 0.1) is 29.5 Å². The van der Waals surface area contributed by atoms with Crippen LogP contribution in [0.4, 0.5) is 18.9 Å². The average Bonchev–Trinajstić information content (AvgIpc) is 3.58. The largest absolute Gasteiger partial charge is 0.506 e. The molecule has 2 aromatic heterocycles. The normalized spacial score (nSPS) is 25.2. The van der Waals surface area contributed by atoms with Gasteiger partial charge < -0.3 is 24.6 Å². The molecule has 2 aliphatic heterocycles. The van der Waals surface area contributed by atoms with Gasteiger partial charge in [-0.05, 0) is 79.9 Å². The van der Waals surface area contributed by atoms with Crippen molar-refractivity contribution < 1.29 is 32.6 Å². The van der Waals surface area contributed by atoms with Crippen molar-refractivity contribution in [1.29, 1.82) is 0 Å². The van der Waals surface area contributed by atoms with Gasteiger partial charge in [-0.3, -0.25) is 14.4 Å². The number of alkyl halides is 3. The van der Waals surface area contributed by atoms with Crippen molar-refractivity contribution in [3.63, 3.8) is 0 Å². The molecule has 5 aliphatic rings. The number of fused-ring (bicyclic) bond motifs is 5. The number of allylic oxidation sites excluding steroid dienone is 3. The van der Waals surface area contributed by atoms with Crippen molar-refractivity contribution in [3.05, 3.63) is 104 Å². The highest BCUT2D eigenvalue weighted by atomic mass is 35.5. The predicted molar refractivity (Wildman–Crippen MR) is 185 cm³/mol. The summed E-state index contributed by atoms with van der Waals surface area (Å²) in [5, 5.41) is 17.6. The number of amides is 2. The average molecular weight is 735 g/mol. The fourth-order valence-electron chi connectivity index (χ4n) is 8.74. The zero-order valence-corrected chi connectivity index (χ0v) is 28.8. The van der Waals surface area contributed by atoms with Gasteiger partial charge in [0.15, 0.2) is 5.82 Å². The number of hydrogen-bond acceptors (Lipinski definition) is 7. The van der Waals surface area contributed by atoms with Crippen LogP contribution in [0.15, 0.2) is 70.4 Å². The Bertz CT molecular complexity index is 2260. The number of anilines is 1. The van der Waals surface area contributed by atoms with Crippen LogP contribution >= 0.6 is 11.6 Å². The lowest BCUT2D eigenvalue weighted by Gasteiger charge is -2.57. The molecule has 2 N–H and O–H groups in total. The second kappa shape index (κ2) is 12.6. The number of nitrogens with one attached hydrogen (secondary N) is 1. The summed E-state index contributed by atoms with van der Waals surface area (Å²) in [6.45, 7) is 2.87. The number of piperidine rings is 1. The lowest BCUT2D eigenvalue weighted by molar-refractivity contribution is -0.140. The molecule has 8 rings (SSSR count). The number of halogens is 4. The third-order valence-corrected chi connectivity index (χ3v) is 11.4. The van der Waals surface area contributed by atoms with E-state index in [1.54, 1.807) is 27.7 Å². The summed E-state index contributed by atoms with van der Waals surface area (Å²) in [5.74, 6) is -0.786. The zero-order valence-electron chi connectivity index (χ0n) is 28.0. The molecule has 11 nitrogen and oxygen atoms in total. The molecule has 1 saturated carbocycles. The molecule has 0 bridgehead atoms. The first kappa shape index (κ1) is 34.2. The Labute approximate surface area is 300 Å². The summed E-state index contributed by atoms with van der Waals surface area (Å²) in [7, 11) is 0. The molecule has 1 aromatic carbocycles. The Morgan fingerprint density at radius 2 is 2.06 bits per heavy atom. The Kier molecular flexibility index (Phi) is 8.31. The number of rotatable bonds is 5. The van der Waals surface area contributed by atoms with Crippen molar-refractivity contribution in [2.75, 3.05) is 25.1 Å². The molecule has 3 aromatic rings. The van der Waals surface area contributed by atoms with E-state index in [4.69, 9.17) is 21.3 Å². The van der Waals surface area contributed by atoms with Crippen LogP contribution in [0.1, 0.15) is 67.6 Å². The monoisotopic (exact) mass is 734 g/mol. The molecule has 2 unspecified atom stereocenters. The number of carbonyl (C=O) groups excluding carboxylic acids is 2. The molecule has 4 heterocycles. The quantitative estimate of drug-likeness (QED) is 0.315. The van der Waals surface area contributed by atoms with Crippen molar-refractivity contribution in [2.45, 2.75) is 69.1 Å². The second-order valence-corrected chi connectivity index (χ2v) is 14.4. The van der Waals surface area contributed by atoms with Gasteiger partial charge in [0.25, 0.3) is 11.5 Å². The van der Waals surface area contributed by atoms with E-state index >= 15 is 0 Å². The van der Waals surface area contributed by atoms with E-state index in [2.05, 4.69) is 16.1 Å². The van der Waals surface area contributed by atoms with Gasteiger partial charge in [-0.15, -0.1) is 10.8 Å². The Morgan fingerprint density at radius 1 is 1.23 bits per heavy atom. The van der Waals surface area contributed by atoms with Gasteiger partial charge in [0.1, 0.15) is 17.9 Å². The maximum atomic E-state index is 14.7. The van der Waals surface area contributed by atoms with Crippen LogP contribution in [-0.2, 0) is 32.5 Å². The van der Waals surface area contributed by atoms with Gasteiger partial charge in [-0.2, -0.15) is 22.7 Å². The minimum Gasteiger partial charge on any atom is -0.506 e. The van der Waals surface area contributed by atoms with E-state index in [1.165, 1.54) is 10.6 Å². The molecule has 2 amide bonds. The molecule has 3 aliphatic carbocycles. The van der Waals surface area contributed by atoms with E-state index < -0.39 is 23.1 Å². The molecule has 2 fully saturated rings. The van der Waals surface area contributed by atoms with Crippen LogP contribution in [0.25, 0.3) is 11.4 Å². The summed E-state index contributed by atoms with van der Waals surface area (Å²) in [6.07, 6.45) is 6.76. The third-order valence-electron chi connectivity index (χ3n) is 11.1. The first-order chi connectivity index (χ1) is 24.9. The maximum absolute atomic E-state index is 14.7. The van der Waals surface area contributed by atoms with Crippen molar-refractivity contribution in [1.82, 2.24) is 24.1 Å². The number of likely N-dealkylation sites (tertiary alicyclic amines) is 1. The minimum absolute atomic E-state index is 0.0112. The number of hydrogen-bond donors (Lipinski definition) is 2. The number of carbonyl (C=O) groups is 2. The van der Waals surface area contributed by atoms with Crippen LogP contribution in [-0.4, -0.2) is 66.8 Å². The van der Waals surface area contributed by atoms with Gasteiger partial charge in [0, 0.05) is 29.3 Å². The van der Waals surface area contributed by atoms with E-state index in [-0.39, 0.29) is 63.7 Å². The third kappa shape index (κ3) is 5.51. The van der Waals surface area contributed by atoms with Gasteiger partial charge in [0.2, 0.25) is 11.7 Å². The molecule has 1 saturated heterocycles. The molecule has 1 spiro atoms. The lowest BCUT2D eigenvalue weighted by atomic mass is 9.55. The van der Waals surface area contributed by atoms with E-state index in [1.807, 2.05) is 13.0 Å². The van der Waals surface area contributed by atoms with Gasteiger partial charge >= 0.3 is 6.18 Å². The van der Waals surface area contributed by atoms with Crippen LogP contribution in [0.2, 0.25) is 5.02 Å².